The number of aryl methyl sites for hydroxylation is 1. The number of aromatic nitrogens is 1. The molecule has 0 radical (unpaired) electrons. The zero-order chi connectivity index (χ0) is 19.9. The summed E-state index contributed by atoms with van der Waals surface area (Å²) in [7, 11) is 4.08. The lowest BCUT2D eigenvalue weighted by Gasteiger charge is -2.32. The van der Waals surface area contributed by atoms with E-state index in [2.05, 4.69) is 9.88 Å². The minimum absolute atomic E-state index is 0.0667. The van der Waals surface area contributed by atoms with Gasteiger partial charge in [0.25, 0.3) is 11.8 Å². The van der Waals surface area contributed by atoms with Crippen LogP contribution in [0.2, 0.25) is 0 Å². The summed E-state index contributed by atoms with van der Waals surface area (Å²) >= 11 is 0. The number of likely N-dealkylation sites (tertiary alicyclic amines) is 2. The average Bonchev–Trinajstić information content (AvgIpc) is 3.32. The van der Waals surface area contributed by atoms with Crippen LogP contribution in [0.15, 0.2) is 41.1 Å². The molecule has 2 atom stereocenters. The topological polar surface area (TPSA) is 69.9 Å². The maximum Gasteiger partial charge on any atom is 0.291 e. The number of carbonyl (C=O) groups is 2. The van der Waals surface area contributed by atoms with Gasteiger partial charge in [-0.25, -0.2) is 4.98 Å². The summed E-state index contributed by atoms with van der Waals surface area (Å²) < 4.78 is 5.31. The van der Waals surface area contributed by atoms with Crippen LogP contribution in [-0.2, 0) is 0 Å². The molecule has 28 heavy (non-hydrogen) atoms. The van der Waals surface area contributed by atoms with E-state index in [0.29, 0.717) is 43.2 Å². The Kier molecular flexibility index (Phi) is 4.71. The quantitative estimate of drug-likeness (QED) is 0.806. The van der Waals surface area contributed by atoms with E-state index in [1.54, 1.807) is 6.92 Å². The van der Waals surface area contributed by atoms with Crippen molar-refractivity contribution < 1.29 is 14.0 Å². The number of benzene rings is 1. The normalized spacial score (nSPS) is 24.1. The summed E-state index contributed by atoms with van der Waals surface area (Å²) in [4.78, 5) is 35.9. The molecule has 2 saturated heterocycles. The van der Waals surface area contributed by atoms with Gasteiger partial charge in [-0.3, -0.25) is 9.59 Å². The van der Waals surface area contributed by atoms with Crippen molar-refractivity contribution in [3.8, 4) is 0 Å². The Morgan fingerprint density at radius 3 is 2.36 bits per heavy atom. The summed E-state index contributed by atoms with van der Waals surface area (Å²) in [6.07, 6.45) is 1.31. The van der Waals surface area contributed by atoms with Gasteiger partial charge in [0, 0.05) is 49.6 Å². The minimum atomic E-state index is -0.127. The number of nitrogens with zero attached hydrogens (tertiary/aromatic N) is 4. The molecule has 2 aliphatic heterocycles. The molecule has 7 nitrogen and oxygen atoms in total. The van der Waals surface area contributed by atoms with Crippen molar-refractivity contribution in [1.29, 1.82) is 0 Å². The van der Waals surface area contributed by atoms with Crippen molar-refractivity contribution in [1.82, 2.24) is 19.7 Å². The molecule has 7 heteroatoms. The second-order valence-corrected chi connectivity index (χ2v) is 8.30. The molecular weight excluding hydrogens is 356 g/mol. The lowest BCUT2D eigenvalue weighted by Crippen LogP contribution is -2.43. The highest BCUT2D eigenvalue weighted by atomic mass is 16.3. The van der Waals surface area contributed by atoms with E-state index in [0.717, 1.165) is 6.54 Å². The smallest absolute Gasteiger partial charge is 0.291 e. The van der Waals surface area contributed by atoms with Gasteiger partial charge >= 0.3 is 0 Å². The number of hydrogen-bond donors (Lipinski definition) is 0. The molecule has 148 valence electrons. The van der Waals surface area contributed by atoms with E-state index in [1.165, 1.54) is 6.39 Å². The molecule has 2 aromatic rings. The fourth-order valence-corrected chi connectivity index (χ4v) is 4.76. The molecule has 2 fully saturated rings. The second-order valence-electron chi connectivity index (χ2n) is 8.30. The number of hydrogen-bond acceptors (Lipinski definition) is 5. The van der Waals surface area contributed by atoms with Crippen LogP contribution in [0, 0.1) is 18.3 Å². The zero-order valence-electron chi connectivity index (χ0n) is 16.6. The predicted octanol–water partition coefficient (Wildman–Crippen LogP) is 1.76. The summed E-state index contributed by atoms with van der Waals surface area (Å²) in [5, 5.41) is 0. The molecule has 3 heterocycles. The van der Waals surface area contributed by atoms with Crippen LogP contribution in [0.5, 0.6) is 0 Å². The van der Waals surface area contributed by atoms with E-state index >= 15 is 0 Å². The fraction of sp³-hybridized carbons (Fsp3) is 0.476. The standard InChI is InChI=1S/C21H26N4O3/c1-15-18(28-14-22-15)20(27)25-10-17-9-24(12-21(17,13-25)11-23(2)3)19(26)16-7-5-4-6-8-16/h4-8,14,17H,9-13H2,1-3H3/t17-,21+/m1/s1. The van der Waals surface area contributed by atoms with Crippen LogP contribution in [0.4, 0.5) is 0 Å². The monoisotopic (exact) mass is 382 g/mol. The Morgan fingerprint density at radius 2 is 1.79 bits per heavy atom. The summed E-state index contributed by atoms with van der Waals surface area (Å²) in [5.74, 6) is 0.521. The van der Waals surface area contributed by atoms with E-state index in [9.17, 15) is 9.59 Å². The van der Waals surface area contributed by atoms with Gasteiger partial charge in [-0.15, -0.1) is 0 Å². The van der Waals surface area contributed by atoms with Gasteiger partial charge in [0.1, 0.15) is 0 Å². The highest BCUT2D eigenvalue weighted by molar-refractivity contribution is 5.95. The molecule has 0 spiro atoms. The first kappa shape index (κ1) is 18.7. The highest BCUT2D eigenvalue weighted by Crippen LogP contribution is 2.43. The van der Waals surface area contributed by atoms with Gasteiger partial charge in [0.15, 0.2) is 6.39 Å². The lowest BCUT2D eigenvalue weighted by molar-refractivity contribution is 0.0682. The van der Waals surface area contributed by atoms with Crippen molar-refractivity contribution in [3.05, 3.63) is 53.7 Å². The molecule has 4 rings (SSSR count). The third-order valence-electron chi connectivity index (χ3n) is 5.93. The number of amides is 2. The van der Waals surface area contributed by atoms with E-state index in [-0.39, 0.29) is 23.1 Å². The molecule has 0 unspecified atom stereocenters. The van der Waals surface area contributed by atoms with Crippen molar-refractivity contribution in [3.63, 3.8) is 0 Å². The number of carbonyl (C=O) groups excluding carboxylic acids is 2. The van der Waals surface area contributed by atoms with Crippen LogP contribution in [-0.4, -0.2) is 78.3 Å². The Balaban J connectivity index is 1.55. The predicted molar refractivity (Wildman–Crippen MR) is 104 cm³/mol. The Bertz CT molecular complexity index is 879. The van der Waals surface area contributed by atoms with Crippen molar-refractivity contribution in [2.24, 2.45) is 11.3 Å². The first-order valence-electron chi connectivity index (χ1n) is 9.58. The van der Waals surface area contributed by atoms with Crippen molar-refractivity contribution in [2.75, 3.05) is 46.8 Å². The van der Waals surface area contributed by atoms with Crippen LogP contribution < -0.4 is 0 Å². The van der Waals surface area contributed by atoms with Gasteiger partial charge in [0.2, 0.25) is 5.76 Å². The third kappa shape index (κ3) is 3.20. The second kappa shape index (κ2) is 7.05. The van der Waals surface area contributed by atoms with Gasteiger partial charge in [-0.2, -0.15) is 0 Å². The van der Waals surface area contributed by atoms with Crippen LogP contribution in [0.25, 0.3) is 0 Å². The molecule has 1 aromatic carbocycles. The first-order valence-corrected chi connectivity index (χ1v) is 9.58. The molecule has 0 aliphatic carbocycles. The van der Waals surface area contributed by atoms with E-state index in [1.807, 2.05) is 54.2 Å². The Labute approximate surface area is 164 Å². The Morgan fingerprint density at radius 1 is 1.14 bits per heavy atom. The van der Waals surface area contributed by atoms with Crippen LogP contribution in [0.1, 0.15) is 26.6 Å². The SMILES string of the molecule is Cc1ncoc1C(=O)N1C[C@H]2CN(C(=O)c3ccccc3)C[C@@]2(CN(C)C)C1. The minimum Gasteiger partial charge on any atom is -0.438 e. The summed E-state index contributed by atoms with van der Waals surface area (Å²) in [6.45, 7) is 5.18. The maximum atomic E-state index is 13.0. The van der Waals surface area contributed by atoms with Crippen LogP contribution in [0.3, 0.4) is 0 Å². The summed E-state index contributed by atoms with van der Waals surface area (Å²) in [6, 6.07) is 9.41. The third-order valence-corrected chi connectivity index (χ3v) is 5.93. The molecule has 1 aromatic heterocycles. The molecule has 2 amide bonds. The highest BCUT2D eigenvalue weighted by Gasteiger charge is 2.55. The molecule has 0 N–H and O–H groups in total. The Hall–Kier alpha value is -2.67. The lowest BCUT2D eigenvalue weighted by atomic mass is 9.80. The first-order chi connectivity index (χ1) is 13.4. The molecular formula is C21H26N4O3. The fourth-order valence-electron chi connectivity index (χ4n) is 4.76. The summed E-state index contributed by atoms with van der Waals surface area (Å²) in [5.41, 5.74) is 1.20. The zero-order valence-corrected chi connectivity index (χ0v) is 16.6. The van der Waals surface area contributed by atoms with Crippen molar-refractivity contribution in [2.45, 2.75) is 6.92 Å². The molecule has 0 saturated carbocycles. The van der Waals surface area contributed by atoms with E-state index < -0.39 is 0 Å². The average molecular weight is 382 g/mol. The number of rotatable bonds is 4. The van der Waals surface area contributed by atoms with Gasteiger partial charge < -0.3 is 19.1 Å². The maximum absolute atomic E-state index is 13.0. The number of fused-ring (bicyclic) bond motifs is 1. The number of oxazole rings is 1. The van der Waals surface area contributed by atoms with Gasteiger partial charge in [0.05, 0.1) is 5.69 Å². The van der Waals surface area contributed by atoms with Crippen LogP contribution >= 0.6 is 0 Å². The van der Waals surface area contributed by atoms with Gasteiger partial charge in [-0.1, -0.05) is 18.2 Å². The van der Waals surface area contributed by atoms with Crippen molar-refractivity contribution >= 4 is 11.8 Å². The molecule has 0 bridgehead atoms. The van der Waals surface area contributed by atoms with Gasteiger partial charge in [-0.05, 0) is 33.2 Å². The largest absolute Gasteiger partial charge is 0.438 e. The molecule has 2 aliphatic rings. The van der Waals surface area contributed by atoms with E-state index in [4.69, 9.17) is 4.42 Å².